The van der Waals surface area contributed by atoms with E-state index in [-0.39, 0.29) is 12.2 Å². The fourth-order valence-corrected chi connectivity index (χ4v) is 3.34. The number of rotatable bonds is 8. The van der Waals surface area contributed by atoms with Gasteiger partial charge in [-0.2, -0.15) is 0 Å². The number of benzene rings is 1. The van der Waals surface area contributed by atoms with Crippen molar-refractivity contribution in [3.63, 3.8) is 0 Å². The van der Waals surface area contributed by atoms with E-state index in [9.17, 15) is 5.11 Å². The minimum atomic E-state index is -0.378. The Hall–Kier alpha value is -0.540. The quantitative estimate of drug-likeness (QED) is 0.600. The highest BCUT2D eigenvalue weighted by atomic mass is 79.9. The van der Waals surface area contributed by atoms with E-state index in [2.05, 4.69) is 22.9 Å². The standard InChI is InChI=1S/C18H27BrO2/c1-2-3-4-5-6-7-8-9-15-13-17(20)16-11-10-14(19)12-18(16)21-15/h10-12,15,17,20H,2-9,13H2,1H3/t15?,17-/m0/s1. The zero-order chi connectivity index (χ0) is 15.1. The Kier molecular flexibility index (Phi) is 7.05. The highest BCUT2D eigenvalue weighted by Crippen LogP contribution is 2.37. The molecule has 0 fully saturated rings. The third kappa shape index (κ3) is 5.30. The Morgan fingerprint density at radius 1 is 1.14 bits per heavy atom. The molecule has 0 saturated carbocycles. The van der Waals surface area contributed by atoms with Crippen molar-refractivity contribution in [2.75, 3.05) is 0 Å². The van der Waals surface area contributed by atoms with Crippen molar-refractivity contribution in [2.45, 2.75) is 76.9 Å². The van der Waals surface area contributed by atoms with Crippen molar-refractivity contribution >= 4 is 15.9 Å². The SMILES string of the molecule is CCCCCCCCCC1C[C@H](O)c2ccc(Br)cc2O1. The number of aliphatic hydroxyl groups excluding tert-OH is 1. The number of unbranched alkanes of at least 4 members (excludes halogenated alkanes) is 6. The summed E-state index contributed by atoms with van der Waals surface area (Å²) in [7, 11) is 0. The predicted molar refractivity (Wildman–Crippen MR) is 90.7 cm³/mol. The topological polar surface area (TPSA) is 29.5 Å². The molecule has 0 saturated heterocycles. The average Bonchev–Trinajstić information content (AvgIpc) is 2.46. The summed E-state index contributed by atoms with van der Waals surface area (Å²) in [5.74, 6) is 0.844. The maximum Gasteiger partial charge on any atom is 0.126 e. The van der Waals surface area contributed by atoms with E-state index in [0.717, 1.165) is 28.6 Å². The van der Waals surface area contributed by atoms with Crippen LogP contribution in [-0.4, -0.2) is 11.2 Å². The van der Waals surface area contributed by atoms with Gasteiger partial charge in [-0.3, -0.25) is 0 Å². The molecule has 0 radical (unpaired) electrons. The number of fused-ring (bicyclic) bond motifs is 1. The summed E-state index contributed by atoms with van der Waals surface area (Å²) >= 11 is 3.46. The maximum absolute atomic E-state index is 10.2. The van der Waals surface area contributed by atoms with Gasteiger partial charge >= 0.3 is 0 Å². The first-order valence-electron chi connectivity index (χ1n) is 8.35. The van der Waals surface area contributed by atoms with Gasteiger partial charge in [-0.15, -0.1) is 0 Å². The minimum absolute atomic E-state index is 0.164. The fourth-order valence-electron chi connectivity index (χ4n) is 3.00. The summed E-state index contributed by atoms with van der Waals surface area (Å²) in [5.41, 5.74) is 0.925. The number of halogens is 1. The molecule has 1 aliphatic rings. The summed E-state index contributed by atoms with van der Waals surface area (Å²) in [4.78, 5) is 0. The monoisotopic (exact) mass is 354 g/mol. The lowest BCUT2D eigenvalue weighted by Crippen LogP contribution is -2.25. The van der Waals surface area contributed by atoms with Gasteiger partial charge in [0.15, 0.2) is 0 Å². The van der Waals surface area contributed by atoms with Gasteiger partial charge in [0.2, 0.25) is 0 Å². The molecule has 1 unspecified atom stereocenters. The van der Waals surface area contributed by atoms with Crippen LogP contribution in [0.15, 0.2) is 22.7 Å². The van der Waals surface area contributed by atoms with Gasteiger partial charge in [-0.05, 0) is 25.0 Å². The van der Waals surface area contributed by atoms with E-state index in [0.29, 0.717) is 0 Å². The first kappa shape index (κ1) is 16.8. The Bertz CT molecular complexity index is 433. The van der Waals surface area contributed by atoms with Crippen LogP contribution in [0.4, 0.5) is 0 Å². The number of hydrogen-bond acceptors (Lipinski definition) is 2. The molecule has 3 heteroatoms. The van der Waals surface area contributed by atoms with Gasteiger partial charge in [0.1, 0.15) is 11.9 Å². The van der Waals surface area contributed by atoms with Crippen molar-refractivity contribution in [1.82, 2.24) is 0 Å². The maximum atomic E-state index is 10.2. The lowest BCUT2D eigenvalue weighted by atomic mass is 9.96. The van der Waals surface area contributed by atoms with Crippen molar-refractivity contribution in [3.8, 4) is 5.75 Å². The third-order valence-electron chi connectivity index (χ3n) is 4.24. The van der Waals surface area contributed by atoms with Crippen molar-refractivity contribution in [3.05, 3.63) is 28.2 Å². The highest BCUT2D eigenvalue weighted by Gasteiger charge is 2.26. The fraction of sp³-hybridized carbons (Fsp3) is 0.667. The summed E-state index contributed by atoms with van der Waals surface area (Å²) in [5, 5.41) is 10.2. The molecule has 1 heterocycles. The molecule has 118 valence electrons. The first-order chi connectivity index (χ1) is 10.2. The largest absolute Gasteiger partial charge is 0.490 e. The van der Waals surface area contributed by atoms with Crippen LogP contribution in [0, 0.1) is 0 Å². The van der Waals surface area contributed by atoms with E-state index in [4.69, 9.17) is 4.74 Å². The molecule has 2 nitrogen and oxygen atoms in total. The molecule has 1 aliphatic heterocycles. The normalized spacial score (nSPS) is 20.9. The van der Waals surface area contributed by atoms with Crippen molar-refractivity contribution in [1.29, 1.82) is 0 Å². The van der Waals surface area contributed by atoms with Gasteiger partial charge in [0.25, 0.3) is 0 Å². The van der Waals surface area contributed by atoms with Gasteiger partial charge in [-0.1, -0.05) is 67.4 Å². The zero-order valence-electron chi connectivity index (χ0n) is 13.0. The van der Waals surface area contributed by atoms with Crippen LogP contribution in [0.5, 0.6) is 5.75 Å². The van der Waals surface area contributed by atoms with Gasteiger partial charge in [0, 0.05) is 16.5 Å². The van der Waals surface area contributed by atoms with Crippen LogP contribution in [0.3, 0.4) is 0 Å². The first-order valence-corrected chi connectivity index (χ1v) is 9.14. The smallest absolute Gasteiger partial charge is 0.126 e. The molecule has 0 bridgehead atoms. The van der Waals surface area contributed by atoms with Crippen LogP contribution < -0.4 is 4.74 Å². The average molecular weight is 355 g/mol. The Morgan fingerprint density at radius 2 is 1.86 bits per heavy atom. The number of ether oxygens (including phenoxy) is 1. The van der Waals surface area contributed by atoms with E-state index >= 15 is 0 Å². The van der Waals surface area contributed by atoms with Gasteiger partial charge in [-0.25, -0.2) is 0 Å². The van der Waals surface area contributed by atoms with Crippen LogP contribution in [0.1, 0.15) is 76.4 Å². The lowest BCUT2D eigenvalue weighted by molar-refractivity contribution is 0.0604. The summed E-state index contributed by atoms with van der Waals surface area (Å²) in [6.07, 6.45) is 10.8. The second-order valence-electron chi connectivity index (χ2n) is 6.08. The van der Waals surface area contributed by atoms with Crippen molar-refractivity contribution in [2.24, 2.45) is 0 Å². The summed E-state index contributed by atoms with van der Waals surface area (Å²) < 4.78 is 7.04. The van der Waals surface area contributed by atoms with Gasteiger partial charge < -0.3 is 9.84 Å². The van der Waals surface area contributed by atoms with Gasteiger partial charge in [0.05, 0.1) is 6.10 Å². The Balaban J connectivity index is 1.71. The second kappa shape index (κ2) is 8.79. The minimum Gasteiger partial charge on any atom is -0.490 e. The van der Waals surface area contributed by atoms with Crippen LogP contribution in [0.25, 0.3) is 0 Å². The molecular formula is C18H27BrO2. The molecule has 1 aromatic carbocycles. The van der Waals surface area contributed by atoms with E-state index in [1.165, 1.54) is 44.9 Å². The highest BCUT2D eigenvalue weighted by molar-refractivity contribution is 9.10. The zero-order valence-corrected chi connectivity index (χ0v) is 14.6. The van der Waals surface area contributed by atoms with Crippen LogP contribution >= 0.6 is 15.9 Å². The summed E-state index contributed by atoms with van der Waals surface area (Å²) in [6, 6.07) is 5.88. The van der Waals surface area contributed by atoms with Crippen LogP contribution in [-0.2, 0) is 0 Å². The van der Waals surface area contributed by atoms with E-state index in [1.54, 1.807) is 0 Å². The third-order valence-corrected chi connectivity index (χ3v) is 4.74. The van der Waals surface area contributed by atoms with E-state index in [1.807, 2.05) is 18.2 Å². The molecule has 21 heavy (non-hydrogen) atoms. The number of aliphatic hydroxyl groups is 1. The molecule has 0 amide bonds. The Labute approximate surface area is 137 Å². The molecule has 0 aliphatic carbocycles. The van der Waals surface area contributed by atoms with Crippen LogP contribution in [0.2, 0.25) is 0 Å². The molecule has 0 aromatic heterocycles. The number of hydrogen-bond donors (Lipinski definition) is 1. The molecule has 2 atom stereocenters. The van der Waals surface area contributed by atoms with Crippen molar-refractivity contribution < 1.29 is 9.84 Å². The lowest BCUT2D eigenvalue weighted by Gasteiger charge is -2.29. The molecule has 1 N–H and O–H groups in total. The summed E-state index contributed by atoms with van der Waals surface area (Å²) in [6.45, 7) is 2.25. The predicted octanol–water partition coefficient (Wildman–Crippen LogP) is 5.77. The molecule has 2 rings (SSSR count). The Morgan fingerprint density at radius 3 is 2.62 bits per heavy atom. The molecule has 1 aromatic rings. The van der Waals surface area contributed by atoms with E-state index < -0.39 is 0 Å². The molecular weight excluding hydrogens is 328 g/mol. The molecule has 0 spiro atoms. The second-order valence-corrected chi connectivity index (χ2v) is 7.00.